The Morgan fingerprint density at radius 2 is 1.89 bits per heavy atom. The third-order valence-corrected chi connectivity index (χ3v) is 6.70. The molecule has 0 radical (unpaired) electrons. The van der Waals surface area contributed by atoms with E-state index in [1.807, 2.05) is 6.07 Å². The second kappa shape index (κ2) is 10.9. The average Bonchev–Trinajstić information content (AvgIpc) is 2.83. The molecule has 0 aliphatic carbocycles. The first-order chi connectivity index (χ1) is 17.9. The molecule has 1 fully saturated rings. The highest BCUT2D eigenvalue weighted by Crippen LogP contribution is 2.35. The highest BCUT2D eigenvalue weighted by molar-refractivity contribution is 6.39. The summed E-state index contributed by atoms with van der Waals surface area (Å²) in [5, 5.41) is 5.45. The van der Waals surface area contributed by atoms with Gasteiger partial charge in [-0.2, -0.15) is 0 Å². The van der Waals surface area contributed by atoms with Crippen LogP contribution in [0, 0.1) is 12.8 Å². The molecule has 0 aromatic carbocycles. The number of amides is 3. The molecule has 2 aliphatic rings. The Morgan fingerprint density at radius 1 is 1.13 bits per heavy atom. The number of pyridine rings is 2. The van der Waals surface area contributed by atoms with Gasteiger partial charge in [0.15, 0.2) is 0 Å². The predicted octanol–water partition coefficient (Wildman–Crippen LogP) is 3.49. The van der Waals surface area contributed by atoms with Crippen molar-refractivity contribution in [1.82, 2.24) is 14.9 Å². The third-order valence-electron chi connectivity index (χ3n) is 6.70. The molecule has 2 aromatic heterocycles. The zero-order valence-electron chi connectivity index (χ0n) is 22.6. The highest BCUT2D eigenvalue weighted by Gasteiger charge is 2.35. The van der Waals surface area contributed by atoms with Crippen molar-refractivity contribution in [3.05, 3.63) is 46.9 Å². The predicted molar refractivity (Wildman–Crippen MR) is 141 cm³/mol. The maximum Gasteiger partial charge on any atom is 0.313 e. The molecular weight excluding hydrogens is 486 g/mol. The number of likely N-dealkylation sites (tertiary alicyclic amines) is 1. The molecule has 1 saturated heterocycles. The molecule has 2 aromatic rings. The summed E-state index contributed by atoms with van der Waals surface area (Å²) in [6.07, 6.45) is 5.77. The van der Waals surface area contributed by atoms with Gasteiger partial charge in [0, 0.05) is 19.2 Å². The molecule has 0 spiro atoms. The van der Waals surface area contributed by atoms with Crippen molar-refractivity contribution < 1.29 is 23.9 Å². The number of carbonyl (C=O) groups excluding carboxylic acids is 4. The molecule has 4 rings (SSSR count). The van der Waals surface area contributed by atoms with Crippen molar-refractivity contribution in [3.8, 4) is 0 Å². The summed E-state index contributed by atoms with van der Waals surface area (Å²) in [6.45, 7) is 9.71. The molecule has 10 heteroatoms. The maximum atomic E-state index is 13.3. The third kappa shape index (κ3) is 6.54. The topological polar surface area (TPSA) is 131 Å². The molecule has 0 saturated carbocycles. The monoisotopic (exact) mass is 521 g/mol. The van der Waals surface area contributed by atoms with E-state index in [1.54, 1.807) is 44.9 Å². The number of piperidine rings is 1. The molecule has 10 nitrogen and oxygen atoms in total. The van der Waals surface area contributed by atoms with Crippen LogP contribution in [0.25, 0.3) is 0 Å². The first-order valence-corrected chi connectivity index (χ1v) is 13.0. The minimum absolute atomic E-state index is 0.0160. The number of aryl methyl sites for hydroxylation is 2. The molecule has 3 amide bonds. The number of hydrogen-bond acceptors (Lipinski definition) is 7. The van der Waals surface area contributed by atoms with Gasteiger partial charge in [-0.3, -0.25) is 24.2 Å². The molecule has 4 heterocycles. The summed E-state index contributed by atoms with van der Waals surface area (Å²) in [5.74, 6) is -0.997. The van der Waals surface area contributed by atoms with Crippen molar-refractivity contribution in [3.63, 3.8) is 0 Å². The Bertz CT molecular complexity index is 1270. The van der Waals surface area contributed by atoms with Crippen LogP contribution in [0.4, 0.5) is 11.5 Å². The fourth-order valence-corrected chi connectivity index (χ4v) is 4.87. The lowest BCUT2D eigenvalue weighted by Crippen LogP contribution is -2.46. The smallest absolute Gasteiger partial charge is 0.313 e. The Hall–Kier alpha value is -3.82. The van der Waals surface area contributed by atoms with E-state index in [4.69, 9.17) is 4.74 Å². The molecular formula is C28H35N5O5. The Kier molecular flexibility index (Phi) is 7.80. The highest BCUT2D eigenvalue weighted by atomic mass is 16.6. The summed E-state index contributed by atoms with van der Waals surface area (Å²) in [5.41, 5.74) is 2.83. The van der Waals surface area contributed by atoms with Crippen LogP contribution in [0.1, 0.15) is 75.4 Å². The van der Waals surface area contributed by atoms with E-state index >= 15 is 0 Å². The zero-order valence-corrected chi connectivity index (χ0v) is 22.6. The van der Waals surface area contributed by atoms with E-state index in [9.17, 15) is 19.2 Å². The number of anilines is 2. The van der Waals surface area contributed by atoms with E-state index in [0.29, 0.717) is 48.6 Å². The fraction of sp³-hybridized carbons (Fsp3) is 0.500. The number of esters is 1. The van der Waals surface area contributed by atoms with Gasteiger partial charge >= 0.3 is 17.8 Å². The second-order valence-corrected chi connectivity index (χ2v) is 11.2. The van der Waals surface area contributed by atoms with Gasteiger partial charge < -0.3 is 20.3 Å². The van der Waals surface area contributed by atoms with Crippen molar-refractivity contribution >= 4 is 35.2 Å². The number of nitrogens with one attached hydrogen (secondary N) is 2. The lowest BCUT2D eigenvalue weighted by Gasteiger charge is -2.38. The van der Waals surface area contributed by atoms with Crippen molar-refractivity contribution in [2.24, 2.45) is 5.92 Å². The molecule has 2 atom stereocenters. The maximum absolute atomic E-state index is 13.3. The molecule has 2 N–H and O–H groups in total. The van der Waals surface area contributed by atoms with Gasteiger partial charge in [0.05, 0.1) is 30.0 Å². The van der Waals surface area contributed by atoms with Crippen molar-refractivity contribution in [2.45, 2.75) is 78.4 Å². The van der Waals surface area contributed by atoms with Crippen LogP contribution in [-0.2, 0) is 36.8 Å². The van der Waals surface area contributed by atoms with Crippen LogP contribution in [0.5, 0.6) is 0 Å². The Morgan fingerprint density at radius 3 is 2.61 bits per heavy atom. The summed E-state index contributed by atoms with van der Waals surface area (Å²) in [7, 11) is 0. The van der Waals surface area contributed by atoms with Crippen LogP contribution in [0.3, 0.4) is 0 Å². The second-order valence-electron chi connectivity index (χ2n) is 11.2. The van der Waals surface area contributed by atoms with E-state index in [2.05, 4.69) is 27.5 Å². The zero-order chi connectivity index (χ0) is 27.6. The molecule has 2 aliphatic heterocycles. The number of rotatable bonds is 4. The van der Waals surface area contributed by atoms with E-state index in [0.717, 1.165) is 17.5 Å². The molecule has 202 valence electrons. The number of carbonyl (C=O) groups is 4. The normalized spacial score (nSPS) is 19.3. The van der Waals surface area contributed by atoms with E-state index in [-0.39, 0.29) is 30.3 Å². The molecule has 0 unspecified atom stereocenters. The van der Waals surface area contributed by atoms with E-state index < -0.39 is 17.4 Å². The first kappa shape index (κ1) is 27.2. The number of fused-ring (bicyclic) bond motifs is 1. The van der Waals surface area contributed by atoms with Gasteiger partial charge in [-0.05, 0) is 81.7 Å². The van der Waals surface area contributed by atoms with Crippen LogP contribution in [0.2, 0.25) is 0 Å². The van der Waals surface area contributed by atoms with Crippen molar-refractivity contribution in [1.29, 1.82) is 0 Å². The first-order valence-electron chi connectivity index (χ1n) is 13.0. The minimum atomic E-state index is -0.747. The summed E-state index contributed by atoms with van der Waals surface area (Å²) < 4.78 is 5.36. The molecule has 0 bridgehead atoms. The number of ether oxygens (including phenoxy) is 1. The van der Waals surface area contributed by atoms with Crippen LogP contribution in [-0.4, -0.2) is 50.7 Å². The van der Waals surface area contributed by atoms with Crippen LogP contribution >= 0.6 is 0 Å². The molecule has 38 heavy (non-hydrogen) atoms. The van der Waals surface area contributed by atoms with Gasteiger partial charge in [0.1, 0.15) is 11.4 Å². The largest absolute Gasteiger partial charge is 0.460 e. The quantitative estimate of drug-likeness (QED) is 0.465. The van der Waals surface area contributed by atoms with Gasteiger partial charge in [0.25, 0.3) is 0 Å². The number of nitrogens with zero attached hydrogens (tertiary/aromatic N) is 3. The Balaban J connectivity index is 1.46. The summed E-state index contributed by atoms with van der Waals surface area (Å²) in [4.78, 5) is 60.6. The van der Waals surface area contributed by atoms with Crippen LogP contribution < -0.4 is 10.6 Å². The summed E-state index contributed by atoms with van der Waals surface area (Å²) in [6, 6.07) is 3.39. The van der Waals surface area contributed by atoms with Gasteiger partial charge in [-0.15, -0.1) is 0 Å². The minimum Gasteiger partial charge on any atom is -0.460 e. The lowest BCUT2D eigenvalue weighted by atomic mass is 9.89. The van der Waals surface area contributed by atoms with Crippen molar-refractivity contribution in [2.75, 3.05) is 17.2 Å². The van der Waals surface area contributed by atoms with Gasteiger partial charge in [-0.1, -0.05) is 6.92 Å². The number of aromatic nitrogens is 2. The van der Waals surface area contributed by atoms with Crippen LogP contribution in [0.15, 0.2) is 24.5 Å². The summed E-state index contributed by atoms with van der Waals surface area (Å²) >= 11 is 0. The van der Waals surface area contributed by atoms with Gasteiger partial charge in [0.2, 0.25) is 5.91 Å². The SMILES string of the molecule is Cc1cc(NC(=O)C(=O)N2C[C@H](C)CC[C@H]2c2cnc3c(c2)CCC(=O)N3)cnc1CC(=O)OC(C)(C)C. The number of hydrogen-bond donors (Lipinski definition) is 2. The standard InChI is InChI=1S/C28H35N5O5/c1-16-6-8-22(19-11-18-7-9-23(34)32-25(18)30-13-19)33(15-16)27(37)26(36)31-20-10-17(2)21(29-14-20)12-24(35)38-28(3,4)5/h10-11,13-14,16,22H,6-9,12,15H2,1-5H3,(H,31,36)(H,30,32,34)/t16-,22+/m1/s1. The fourth-order valence-electron chi connectivity index (χ4n) is 4.87. The van der Waals surface area contributed by atoms with Gasteiger partial charge in [-0.25, -0.2) is 4.98 Å². The lowest BCUT2D eigenvalue weighted by molar-refractivity contribution is -0.154. The Labute approximate surface area is 222 Å². The average molecular weight is 522 g/mol. The van der Waals surface area contributed by atoms with E-state index in [1.165, 1.54) is 6.20 Å².